The van der Waals surface area contributed by atoms with E-state index >= 15 is 0 Å². The Labute approximate surface area is 104 Å². The van der Waals surface area contributed by atoms with Crippen molar-refractivity contribution in [3.8, 4) is 0 Å². The van der Waals surface area contributed by atoms with Gasteiger partial charge in [0.1, 0.15) is 0 Å². The van der Waals surface area contributed by atoms with Gasteiger partial charge in [0.2, 0.25) is 12.0 Å². The Morgan fingerprint density at radius 2 is 2.29 bits per heavy atom. The molecule has 0 aliphatic heterocycles. The summed E-state index contributed by atoms with van der Waals surface area (Å²) in [7, 11) is 0. The van der Waals surface area contributed by atoms with Crippen LogP contribution in [-0.2, 0) is 9.59 Å². The maximum Gasteiger partial charge on any atom is 0.240 e. The van der Waals surface area contributed by atoms with Crippen LogP contribution < -0.4 is 10.2 Å². The molecule has 17 heavy (non-hydrogen) atoms. The molecule has 5 nitrogen and oxygen atoms in total. The molecule has 2 N–H and O–H groups in total. The molecule has 0 unspecified atom stereocenters. The zero-order valence-electron chi connectivity index (χ0n) is 9.29. The number of carbonyl (C=O) groups is 1. The van der Waals surface area contributed by atoms with Gasteiger partial charge >= 0.3 is 0 Å². The van der Waals surface area contributed by atoms with Gasteiger partial charge in [-0.2, -0.15) is 4.99 Å². The van der Waals surface area contributed by atoms with E-state index in [4.69, 9.17) is 11.8 Å². The van der Waals surface area contributed by atoms with Crippen molar-refractivity contribution >= 4 is 35.1 Å². The Bertz CT molecular complexity index is 456. The van der Waals surface area contributed by atoms with Crippen molar-refractivity contribution in [3.05, 3.63) is 23.8 Å². The second-order valence-electron chi connectivity index (χ2n) is 3.40. The number of hydrogen-bond donors (Lipinski definition) is 2. The molecule has 1 aromatic carbocycles. The van der Waals surface area contributed by atoms with Crippen molar-refractivity contribution in [1.82, 2.24) is 4.84 Å². The first-order valence-electron chi connectivity index (χ1n) is 4.99. The lowest BCUT2D eigenvalue weighted by molar-refractivity contribution is -0.119. The summed E-state index contributed by atoms with van der Waals surface area (Å²) in [5.41, 5.74) is 2.35. The van der Waals surface area contributed by atoms with Crippen LogP contribution in [0.2, 0.25) is 0 Å². The van der Waals surface area contributed by atoms with E-state index in [0.717, 1.165) is 11.3 Å². The third kappa shape index (κ3) is 4.26. The molecule has 0 bridgehead atoms. The van der Waals surface area contributed by atoms with Crippen LogP contribution in [0.1, 0.15) is 12.0 Å². The number of anilines is 1. The zero-order chi connectivity index (χ0) is 12.7. The highest BCUT2D eigenvalue weighted by Gasteiger charge is 2.02. The summed E-state index contributed by atoms with van der Waals surface area (Å²) in [6.07, 6.45) is 1.75. The molecule has 0 aliphatic carbocycles. The van der Waals surface area contributed by atoms with Crippen LogP contribution in [0.4, 0.5) is 11.4 Å². The molecule has 1 aromatic rings. The first kappa shape index (κ1) is 13.2. The predicted molar refractivity (Wildman–Crippen MR) is 66.1 cm³/mol. The van der Waals surface area contributed by atoms with E-state index in [1.165, 1.54) is 6.08 Å². The van der Waals surface area contributed by atoms with E-state index in [2.05, 4.69) is 10.3 Å². The first-order valence-corrected chi connectivity index (χ1v) is 5.37. The third-order valence-electron chi connectivity index (χ3n) is 2.17. The number of benzene rings is 1. The van der Waals surface area contributed by atoms with E-state index in [9.17, 15) is 9.59 Å². The lowest BCUT2D eigenvalue weighted by Gasteiger charge is -2.09. The number of nitrogens with zero attached hydrogens (tertiary/aromatic N) is 1. The molecule has 0 spiro atoms. The number of rotatable bonds is 5. The summed E-state index contributed by atoms with van der Waals surface area (Å²) < 4.78 is 0. The molecule has 90 valence electrons. The molecule has 0 saturated carbocycles. The maximum absolute atomic E-state index is 10.9. The number of amides is 1. The maximum atomic E-state index is 10.9. The van der Waals surface area contributed by atoms with Gasteiger partial charge in [0.15, 0.2) is 0 Å². The average Bonchev–Trinajstić information content (AvgIpc) is 2.33. The lowest BCUT2D eigenvalue weighted by Crippen LogP contribution is -2.16. The fraction of sp³-hybridized carbons (Fsp3) is 0.273. The molecule has 0 heterocycles. The molecule has 6 heteroatoms. The van der Waals surface area contributed by atoms with Gasteiger partial charge in [0, 0.05) is 30.4 Å². The number of carbonyl (C=O) groups excluding carboxylic acids is 2. The molecular formula is C11H12ClN3O2. The van der Waals surface area contributed by atoms with Crippen molar-refractivity contribution in [2.24, 2.45) is 4.99 Å². The highest BCUT2D eigenvalue weighted by Crippen LogP contribution is 2.21. The second kappa shape index (κ2) is 6.68. The summed E-state index contributed by atoms with van der Waals surface area (Å²) in [5, 5.41) is 3.07. The Hall–Kier alpha value is -1.84. The number of halogens is 1. The summed E-state index contributed by atoms with van der Waals surface area (Å²) in [6.45, 7) is 2.37. The van der Waals surface area contributed by atoms with Gasteiger partial charge in [-0.05, 0) is 24.6 Å². The topological polar surface area (TPSA) is 70.6 Å². The Balaban J connectivity index is 2.66. The van der Waals surface area contributed by atoms with Crippen molar-refractivity contribution in [1.29, 1.82) is 0 Å². The van der Waals surface area contributed by atoms with Gasteiger partial charge < -0.3 is 5.32 Å². The minimum atomic E-state index is -0.251. The summed E-state index contributed by atoms with van der Waals surface area (Å²) in [5.74, 6) is -0.251. The number of aryl methyl sites for hydroxylation is 1. The Morgan fingerprint density at radius 1 is 1.53 bits per heavy atom. The number of nitrogens with one attached hydrogen (secondary N) is 2. The highest BCUT2D eigenvalue weighted by atomic mass is 35.5. The normalized spacial score (nSPS) is 9.29. The van der Waals surface area contributed by atoms with Crippen molar-refractivity contribution in [2.45, 2.75) is 13.3 Å². The van der Waals surface area contributed by atoms with Gasteiger partial charge in [-0.15, -0.1) is 0 Å². The Morgan fingerprint density at radius 3 is 2.94 bits per heavy atom. The fourth-order valence-electron chi connectivity index (χ4n) is 1.28. The first-order chi connectivity index (χ1) is 8.17. The quantitative estimate of drug-likeness (QED) is 0.479. The van der Waals surface area contributed by atoms with Crippen molar-refractivity contribution in [3.63, 3.8) is 0 Å². The number of isocyanates is 1. The van der Waals surface area contributed by atoms with Crippen molar-refractivity contribution < 1.29 is 9.59 Å². The third-order valence-corrected chi connectivity index (χ3v) is 2.38. The van der Waals surface area contributed by atoms with Crippen LogP contribution in [0.5, 0.6) is 0 Å². The SMILES string of the molecule is Cc1ccc(N=C=O)cc1NCCC(=O)NCl. The second-order valence-corrected chi connectivity index (χ2v) is 3.59. The van der Waals surface area contributed by atoms with Crippen LogP contribution in [-0.4, -0.2) is 18.5 Å². The van der Waals surface area contributed by atoms with Crippen LogP contribution in [0, 0.1) is 6.92 Å². The molecule has 0 radical (unpaired) electrons. The predicted octanol–water partition coefficient (Wildman–Crippen LogP) is 2.03. The molecule has 1 rings (SSSR count). The van der Waals surface area contributed by atoms with Gasteiger partial charge in [-0.25, -0.2) is 4.79 Å². The molecule has 0 aromatic heterocycles. The largest absolute Gasteiger partial charge is 0.384 e. The zero-order valence-corrected chi connectivity index (χ0v) is 10.0. The van der Waals surface area contributed by atoms with E-state index in [-0.39, 0.29) is 12.3 Å². The Kier molecular flexibility index (Phi) is 5.20. The highest BCUT2D eigenvalue weighted by molar-refractivity contribution is 6.21. The minimum absolute atomic E-state index is 0.251. The van der Waals surface area contributed by atoms with Crippen LogP contribution in [0.3, 0.4) is 0 Å². The minimum Gasteiger partial charge on any atom is -0.384 e. The number of aliphatic imine (C=N–C) groups is 1. The summed E-state index contributed by atoms with van der Waals surface area (Å²) >= 11 is 5.15. The van der Waals surface area contributed by atoms with Crippen LogP contribution in [0.15, 0.2) is 23.2 Å². The molecular weight excluding hydrogens is 242 g/mol. The van der Waals surface area contributed by atoms with E-state index in [1.54, 1.807) is 12.1 Å². The lowest BCUT2D eigenvalue weighted by atomic mass is 10.2. The summed E-state index contributed by atoms with van der Waals surface area (Å²) in [4.78, 5) is 26.6. The van der Waals surface area contributed by atoms with Gasteiger partial charge in [0.25, 0.3) is 0 Å². The molecule has 0 aliphatic rings. The number of hydrogen-bond acceptors (Lipinski definition) is 4. The summed E-state index contributed by atoms with van der Waals surface area (Å²) in [6, 6.07) is 5.27. The van der Waals surface area contributed by atoms with E-state index in [0.29, 0.717) is 12.2 Å². The monoisotopic (exact) mass is 253 g/mol. The molecule has 0 saturated heterocycles. The van der Waals surface area contributed by atoms with Crippen LogP contribution >= 0.6 is 11.8 Å². The van der Waals surface area contributed by atoms with E-state index < -0.39 is 0 Å². The van der Waals surface area contributed by atoms with E-state index in [1.807, 2.05) is 17.8 Å². The average molecular weight is 254 g/mol. The molecule has 0 atom stereocenters. The van der Waals surface area contributed by atoms with Crippen LogP contribution in [0.25, 0.3) is 0 Å². The van der Waals surface area contributed by atoms with Gasteiger partial charge in [-0.3, -0.25) is 9.63 Å². The van der Waals surface area contributed by atoms with Crippen molar-refractivity contribution in [2.75, 3.05) is 11.9 Å². The fourth-order valence-corrected chi connectivity index (χ4v) is 1.38. The molecule has 1 amide bonds. The van der Waals surface area contributed by atoms with Gasteiger partial charge in [-0.1, -0.05) is 6.07 Å². The van der Waals surface area contributed by atoms with Gasteiger partial charge in [0.05, 0.1) is 5.69 Å². The standard InChI is InChI=1S/C11H12ClN3O2/c1-8-2-3-9(14-7-16)6-10(8)13-5-4-11(17)15-12/h2-3,6,13H,4-5H2,1H3,(H,15,17). The smallest absolute Gasteiger partial charge is 0.240 e. The molecule has 0 fully saturated rings.